The fourth-order valence-electron chi connectivity index (χ4n) is 5.83. The molecule has 0 saturated carbocycles. The molecule has 1 aliphatic rings. The van der Waals surface area contributed by atoms with Gasteiger partial charge in [-0.05, 0) is 103 Å². The zero-order valence-corrected chi connectivity index (χ0v) is 31.0. The fourth-order valence-corrected chi connectivity index (χ4v) is 7.80. The van der Waals surface area contributed by atoms with Gasteiger partial charge in [0.1, 0.15) is 21.6 Å². The van der Waals surface area contributed by atoms with E-state index in [1.54, 1.807) is 39.0 Å². The van der Waals surface area contributed by atoms with Gasteiger partial charge >= 0.3 is 29.6 Å². The van der Waals surface area contributed by atoms with Crippen molar-refractivity contribution in [1.29, 1.82) is 0 Å². The average molecular weight is 687 g/mol. The molecule has 7 nitrogen and oxygen atoms in total. The molecule has 0 aliphatic carbocycles. The number of hydrogen-bond acceptors (Lipinski definition) is 8. The van der Waals surface area contributed by atoms with E-state index < -0.39 is 15.4 Å². The summed E-state index contributed by atoms with van der Waals surface area (Å²) in [6.45, 7) is 2.10. The Bertz CT molecular complexity index is 1940. The maximum atomic E-state index is 12.0. The Labute approximate surface area is 309 Å². The van der Waals surface area contributed by atoms with Crippen molar-refractivity contribution in [3.63, 3.8) is 0 Å². The second-order valence-electron chi connectivity index (χ2n) is 11.0. The number of ether oxygens (including phenoxy) is 2. The first kappa shape index (κ1) is 35.6. The van der Waals surface area contributed by atoms with Crippen molar-refractivity contribution in [3.05, 3.63) is 127 Å². The van der Waals surface area contributed by atoms with Crippen molar-refractivity contribution in [2.75, 3.05) is 30.6 Å². The van der Waals surface area contributed by atoms with E-state index in [0.29, 0.717) is 6.54 Å². The number of fused-ring (bicyclic) bond motifs is 2. The summed E-state index contributed by atoms with van der Waals surface area (Å²) in [7, 11) is -1.16. The van der Waals surface area contributed by atoms with Crippen molar-refractivity contribution in [2.24, 2.45) is 0 Å². The fraction of sp³-hybridized carbons (Fsp3) is 0.158. The Morgan fingerprint density at radius 2 is 1.31 bits per heavy atom. The van der Waals surface area contributed by atoms with Crippen LogP contribution in [0.1, 0.15) is 13.3 Å². The van der Waals surface area contributed by atoms with Gasteiger partial charge in [-0.2, -0.15) is 0 Å². The molecule has 1 heterocycles. The summed E-state index contributed by atoms with van der Waals surface area (Å²) in [6.07, 6.45) is 3.29. The molecular formula is C38H35N2NaO5S2. The van der Waals surface area contributed by atoms with Gasteiger partial charge in [-0.15, -0.1) is 0 Å². The van der Waals surface area contributed by atoms with Gasteiger partial charge in [-0.3, -0.25) is 0 Å². The van der Waals surface area contributed by atoms with Crippen LogP contribution in [0.15, 0.2) is 137 Å². The van der Waals surface area contributed by atoms with Gasteiger partial charge in [0.25, 0.3) is 0 Å². The Balaban J connectivity index is 0.00000451. The van der Waals surface area contributed by atoms with Crippen molar-refractivity contribution >= 4 is 50.3 Å². The molecule has 0 radical (unpaired) electrons. The summed E-state index contributed by atoms with van der Waals surface area (Å²) in [6, 6.07) is 38.7. The minimum absolute atomic E-state index is 0. The van der Waals surface area contributed by atoms with Crippen LogP contribution >= 0.6 is 11.8 Å². The van der Waals surface area contributed by atoms with Crippen LogP contribution in [-0.2, 0) is 10.1 Å². The van der Waals surface area contributed by atoms with Crippen molar-refractivity contribution < 1.29 is 52.0 Å². The van der Waals surface area contributed by atoms with Gasteiger partial charge in [0.05, 0.1) is 30.8 Å². The Morgan fingerprint density at radius 1 is 0.771 bits per heavy atom. The number of para-hydroxylation sites is 1. The molecule has 0 N–H and O–H groups in total. The second kappa shape index (κ2) is 15.7. The van der Waals surface area contributed by atoms with E-state index in [4.69, 9.17) is 9.47 Å². The van der Waals surface area contributed by atoms with Crippen LogP contribution in [0.3, 0.4) is 0 Å². The van der Waals surface area contributed by atoms with Crippen LogP contribution in [0.4, 0.5) is 28.4 Å². The minimum Gasteiger partial charge on any atom is -0.747 e. The van der Waals surface area contributed by atoms with E-state index in [2.05, 4.69) is 52.3 Å². The van der Waals surface area contributed by atoms with Crippen LogP contribution in [0.25, 0.3) is 11.1 Å². The molecule has 10 heteroatoms. The Kier molecular flexibility index (Phi) is 11.6. The maximum Gasteiger partial charge on any atom is 1.00 e. The molecule has 5 aromatic carbocycles. The molecule has 1 aliphatic heterocycles. The van der Waals surface area contributed by atoms with Crippen LogP contribution in [0.5, 0.6) is 11.5 Å². The van der Waals surface area contributed by atoms with Crippen LogP contribution in [0, 0.1) is 0 Å². The number of allylic oxidation sites excluding steroid dienone is 1. The van der Waals surface area contributed by atoms with E-state index in [1.807, 2.05) is 72.8 Å². The number of benzene rings is 5. The number of nitrogens with zero attached hydrogens (tertiary/aromatic N) is 2. The first-order valence-corrected chi connectivity index (χ1v) is 17.5. The molecule has 48 heavy (non-hydrogen) atoms. The van der Waals surface area contributed by atoms with Gasteiger partial charge in [0, 0.05) is 33.4 Å². The number of rotatable bonds is 11. The molecule has 0 aromatic heterocycles. The quantitative estimate of drug-likeness (QED) is 0.0907. The van der Waals surface area contributed by atoms with Crippen LogP contribution in [-0.4, -0.2) is 39.0 Å². The smallest absolute Gasteiger partial charge is 0.747 e. The van der Waals surface area contributed by atoms with Crippen molar-refractivity contribution in [3.8, 4) is 22.6 Å². The van der Waals surface area contributed by atoms with Gasteiger partial charge in [0.15, 0.2) is 0 Å². The van der Waals surface area contributed by atoms with Crippen molar-refractivity contribution in [2.45, 2.75) is 28.4 Å². The second-order valence-corrected chi connectivity index (χ2v) is 13.6. The molecule has 6 rings (SSSR count). The van der Waals surface area contributed by atoms with Crippen LogP contribution < -0.4 is 48.8 Å². The molecule has 0 spiro atoms. The van der Waals surface area contributed by atoms with Gasteiger partial charge in [0.2, 0.25) is 0 Å². The topological polar surface area (TPSA) is 82.1 Å². The summed E-state index contributed by atoms with van der Waals surface area (Å²) in [4.78, 5) is 6.46. The van der Waals surface area contributed by atoms with E-state index in [1.165, 1.54) is 6.08 Å². The molecule has 240 valence electrons. The number of hydrogen-bond donors (Lipinski definition) is 0. The third-order valence-corrected chi connectivity index (χ3v) is 10.5. The van der Waals surface area contributed by atoms with E-state index >= 15 is 0 Å². The summed E-state index contributed by atoms with van der Waals surface area (Å²) >= 11 is 1.70. The first-order valence-electron chi connectivity index (χ1n) is 15.2. The zero-order chi connectivity index (χ0) is 33.0. The number of methoxy groups -OCH3 is 2. The normalized spacial score (nSPS) is 12.9. The molecule has 0 bridgehead atoms. The molecule has 5 aromatic rings. The zero-order valence-electron chi connectivity index (χ0n) is 27.4. The Hall–Kier alpha value is -3.70. The molecule has 0 amide bonds. The predicted octanol–water partition coefficient (Wildman–Crippen LogP) is 6.33. The van der Waals surface area contributed by atoms with E-state index in [0.717, 1.165) is 60.9 Å². The maximum absolute atomic E-state index is 12.0. The molecular weight excluding hydrogens is 652 g/mol. The summed E-state index contributed by atoms with van der Waals surface area (Å²) in [5, 5.41) is -1.09. The van der Waals surface area contributed by atoms with Gasteiger partial charge in [-0.25, -0.2) is 8.42 Å². The predicted molar refractivity (Wildman–Crippen MR) is 190 cm³/mol. The summed E-state index contributed by atoms with van der Waals surface area (Å²) in [5.41, 5.74) is 7.06. The van der Waals surface area contributed by atoms with E-state index in [-0.39, 0.29) is 36.0 Å². The largest absolute Gasteiger partial charge is 1.00 e. The summed E-state index contributed by atoms with van der Waals surface area (Å²) < 4.78 is 46.8. The molecule has 1 unspecified atom stereocenters. The monoisotopic (exact) mass is 686 g/mol. The Morgan fingerprint density at radius 3 is 1.85 bits per heavy atom. The first-order chi connectivity index (χ1) is 22.8. The van der Waals surface area contributed by atoms with Crippen molar-refractivity contribution in [1.82, 2.24) is 0 Å². The van der Waals surface area contributed by atoms with Gasteiger partial charge < -0.3 is 23.8 Å². The number of anilines is 5. The molecule has 1 atom stereocenters. The third kappa shape index (κ3) is 7.62. The molecule has 0 saturated heterocycles. The SMILES string of the molecule is C/C=C/C(CCN1c2ccccc2Sc2c(-c3ccc(N(c4ccc(OC)cc4)c4ccc(OC)cc4)cc3)cccc21)S(=O)(=O)[O-].[Na+]. The van der Waals surface area contributed by atoms with Crippen LogP contribution in [0.2, 0.25) is 0 Å². The molecule has 0 fully saturated rings. The summed E-state index contributed by atoms with van der Waals surface area (Å²) in [5.74, 6) is 1.57. The van der Waals surface area contributed by atoms with Gasteiger partial charge in [-0.1, -0.05) is 60.3 Å². The standard InChI is InChI=1S/C38H36N2O5S2.Na/c1-4-8-33(47(41,42)43)25-26-39-35-10-5-6-12-37(35)46-38-34(9-7-11-36(38)39)27-13-15-28(16-14-27)40(29-17-21-31(44-2)22-18-29)30-19-23-32(45-3)24-20-30;/h4-24,33H,25-26H2,1-3H3,(H,41,42,43);/q;+1/p-1/b8-4+;. The third-order valence-electron chi connectivity index (χ3n) is 8.17. The van der Waals surface area contributed by atoms with E-state index in [9.17, 15) is 13.0 Å². The minimum atomic E-state index is -4.48. The average Bonchev–Trinajstić information content (AvgIpc) is 3.10.